The number of aryl methyl sites for hydroxylation is 1. The highest BCUT2D eigenvalue weighted by Gasteiger charge is 2.20. The van der Waals surface area contributed by atoms with Crippen molar-refractivity contribution in [2.45, 2.75) is 18.9 Å². The van der Waals surface area contributed by atoms with E-state index in [1.54, 1.807) is 0 Å². The minimum atomic E-state index is 0.0310. The Morgan fingerprint density at radius 2 is 2.00 bits per heavy atom. The molecular weight excluding hydrogens is 294 g/mol. The molecule has 122 valence electrons. The maximum atomic E-state index is 8.94. The summed E-state index contributed by atoms with van der Waals surface area (Å²) in [5.74, 6) is 2.37. The second-order valence-corrected chi connectivity index (χ2v) is 5.56. The molecule has 6 heteroatoms. The van der Waals surface area contributed by atoms with Crippen LogP contribution in [0.25, 0.3) is 0 Å². The van der Waals surface area contributed by atoms with Gasteiger partial charge >= 0.3 is 0 Å². The number of hydrogen-bond acceptors (Lipinski definition) is 6. The lowest BCUT2D eigenvalue weighted by atomic mass is 10.1. The number of likely N-dealkylation sites (N-methyl/N-ethyl adjacent to an activating group) is 1. The van der Waals surface area contributed by atoms with Crippen LogP contribution in [0.4, 0.5) is 5.82 Å². The van der Waals surface area contributed by atoms with Crippen molar-refractivity contribution in [2.75, 3.05) is 31.7 Å². The van der Waals surface area contributed by atoms with Gasteiger partial charge in [-0.25, -0.2) is 0 Å². The van der Waals surface area contributed by atoms with Crippen molar-refractivity contribution in [1.29, 1.82) is 0 Å². The molecule has 0 fully saturated rings. The largest absolute Gasteiger partial charge is 0.486 e. The number of aliphatic hydroxyl groups is 1. The van der Waals surface area contributed by atoms with E-state index in [1.165, 1.54) is 0 Å². The number of aromatic nitrogens is 2. The maximum Gasteiger partial charge on any atom is 0.161 e. The van der Waals surface area contributed by atoms with Gasteiger partial charge in [0.05, 0.1) is 12.3 Å². The minimum absolute atomic E-state index is 0.0310. The molecule has 0 saturated carbocycles. The third-order valence-corrected chi connectivity index (χ3v) is 3.82. The van der Waals surface area contributed by atoms with Gasteiger partial charge in [0.2, 0.25) is 0 Å². The Hall–Kier alpha value is -2.34. The van der Waals surface area contributed by atoms with Crippen LogP contribution in [-0.2, 0) is 6.42 Å². The number of para-hydroxylation sites is 2. The van der Waals surface area contributed by atoms with Crippen LogP contribution in [0, 0.1) is 0 Å². The van der Waals surface area contributed by atoms with Crippen molar-refractivity contribution in [3.8, 4) is 11.5 Å². The molecule has 1 atom stereocenters. The number of fused-ring (bicyclic) bond motifs is 1. The fraction of sp³-hybridized carbons (Fsp3) is 0.412. The van der Waals surface area contributed by atoms with Crippen LogP contribution >= 0.6 is 0 Å². The normalized spacial score (nSPS) is 16.2. The molecule has 3 rings (SSSR count). The molecule has 23 heavy (non-hydrogen) atoms. The standard InChI is InChI=1S/C17H21N3O3/c1-20(10-11-21)17-9-7-13(18-19-17)6-8-14-12-22-15-4-2-3-5-16(15)23-14/h2-5,7,9,14,21H,6,8,10-12H2,1H3/t14-/m0/s1. The molecule has 0 radical (unpaired) electrons. The predicted molar refractivity (Wildman–Crippen MR) is 87.1 cm³/mol. The molecule has 0 unspecified atom stereocenters. The fourth-order valence-corrected chi connectivity index (χ4v) is 2.47. The fourth-order valence-electron chi connectivity index (χ4n) is 2.47. The second kappa shape index (κ2) is 7.28. The van der Waals surface area contributed by atoms with Crippen molar-refractivity contribution < 1.29 is 14.6 Å². The third-order valence-electron chi connectivity index (χ3n) is 3.82. The summed E-state index contributed by atoms with van der Waals surface area (Å²) in [5, 5.41) is 17.4. The van der Waals surface area contributed by atoms with Gasteiger partial charge in [-0.3, -0.25) is 0 Å². The average Bonchev–Trinajstić information content (AvgIpc) is 2.60. The van der Waals surface area contributed by atoms with Gasteiger partial charge in [-0.05, 0) is 37.1 Å². The Balaban J connectivity index is 1.53. The SMILES string of the molecule is CN(CCO)c1ccc(CC[C@H]2COc3ccccc3O2)nn1. The van der Waals surface area contributed by atoms with Crippen LogP contribution in [0.3, 0.4) is 0 Å². The lowest BCUT2D eigenvalue weighted by Gasteiger charge is -2.26. The van der Waals surface area contributed by atoms with Crippen LogP contribution in [0.1, 0.15) is 12.1 Å². The van der Waals surface area contributed by atoms with E-state index < -0.39 is 0 Å². The average molecular weight is 315 g/mol. The van der Waals surface area contributed by atoms with E-state index in [1.807, 2.05) is 48.3 Å². The zero-order valence-electron chi connectivity index (χ0n) is 13.2. The van der Waals surface area contributed by atoms with Gasteiger partial charge in [0, 0.05) is 13.6 Å². The maximum absolute atomic E-state index is 8.94. The minimum Gasteiger partial charge on any atom is -0.486 e. The van der Waals surface area contributed by atoms with E-state index in [-0.39, 0.29) is 12.7 Å². The van der Waals surface area contributed by atoms with Crippen molar-refractivity contribution in [2.24, 2.45) is 0 Å². The molecule has 0 amide bonds. The zero-order chi connectivity index (χ0) is 16.1. The first-order valence-corrected chi connectivity index (χ1v) is 7.79. The molecule has 1 N–H and O–H groups in total. The lowest BCUT2D eigenvalue weighted by molar-refractivity contribution is 0.0849. The Morgan fingerprint density at radius 3 is 2.74 bits per heavy atom. The van der Waals surface area contributed by atoms with Crippen molar-refractivity contribution >= 4 is 5.82 Å². The van der Waals surface area contributed by atoms with E-state index >= 15 is 0 Å². The van der Waals surface area contributed by atoms with Gasteiger partial charge in [0.15, 0.2) is 17.3 Å². The topological polar surface area (TPSA) is 67.7 Å². The first-order valence-electron chi connectivity index (χ1n) is 7.79. The van der Waals surface area contributed by atoms with E-state index in [0.29, 0.717) is 13.2 Å². The first-order chi connectivity index (χ1) is 11.3. The van der Waals surface area contributed by atoms with Gasteiger partial charge in [-0.2, -0.15) is 5.10 Å². The van der Waals surface area contributed by atoms with Crippen molar-refractivity contribution in [3.05, 3.63) is 42.1 Å². The number of rotatable bonds is 6. The molecule has 0 spiro atoms. The van der Waals surface area contributed by atoms with Crippen LogP contribution in [-0.4, -0.2) is 48.2 Å². The summed E-state index contributed by atoms with van der Waals surface area (Å²) in [6.07, 6.45) is 1.64. The van der Waals surface area contributed by atoms with Gasteiger partial charge in [0.1, 0.15) is 12.7 Å². The number of anilines is 1. The van der Waals surface area contributed by atoms with Gasteiger partial charge in [-0.15, -0.1) is 5.10 Å². The van der Waals surface area contributed by atoms with E-state index in [2.05, 4.69) is 10.2 Å². The highest BCUT2D eigenvalue weighted by molar-refractivity contribution is 5.40. The number of hydrogen-bond donors (Lipinski definition) is 1. The van der Waals surface area contributed by atoms with Gasteiger partial charge < -0.3 is 19.5 Å². The molecule has 0 bridgehead atoms. The molecular formula is C17H21N3O3. The first kappa shape index (κ1) is 15.6. The summed E-state index contributed by atoms with van der Waals surface area (Å²) in [6.45, 7) is 1.20. The molecule has 2 aromatic rings. The summed E-state index contributed by atoms with van der Waals surface area (Å²) in [4.78, 5) is 1.87. The Bertz CT molecular complexity index is 633. The Morgan fingerprint density at radius 1 is 1.17 bits per heavy atom. The van der Waals surface area contributed by atoms with Gasteiger partial charge in [-0.1, -0.05) is 12.1 Å². The van der Waals surface area contributed by atoms with Crippen molar-refractivity contribution in [1.82, 2.24) is 10.2 Å². The molecule has 1 aliphatic rings. The smallest absolute Gasteiger partial charge is 0.161 e. The molecule has 1 aliphatic heterocycles. The summed E-state index contributed by atoms with van der Waals surface area (Å²) in [5.41, 5.74) is 0.925. The van der Waals surface area contributed by atoms with Gasteiger partial charge in [0.25, 0.3) is 0 Å². The molecule has 0 aliphatic carbocycles. The highest BCUT2D eigenvalue weighted by Crippen LogP contribution is 2.31. The van der Waals surface area contributed by atoms with Crippen molar-refractivity contribution in [3.63, 3.8) is 0 Å². The van der Waals surface area contributed by atoms with Crippen LogP contribution < -0.4 is 14.4 Å². The van der Waals surface area contributed by atoms with Crippen LogP contribution in [0.2, 0.25) is 0 Å². The summed E-state index contributed by atoms with van der Waals surface area (Å²) in [6, 6.07) is 11.6. The monoisotopic (exact) mass is 315 g/mol. The van der Waals surface area contributed by atoms with E-state index in [4.69, 9.17) is 14.6 Å². The highest BCUT2D eigenvalue weighted by atomic mass is 16.6. The van der Waals surface area contributed by atoms with Crippen LogP contribution in [0.5, 0.6) is 11.5 Å². The second-order valence-electron chi connectivity index (χ2n) is 5.56. The van der Waals surface area contributed by atoms with E-state index in [0.717, 1.165) is 35.9 Å². The zero-order valence-corrected chi connectivity index (χ0v) is 13.2. The third kappa shape index (κ3) is 3.90. The molecule has 2 heterocycles. The lowest BCUT2D eigenvalue weighted by Crippen LogP contribution is -2.29. The Kier molecular flexibility index (Phi) is 4.92. The molecule has 1 aromatic heterocycles. The molecule has 6 nitrogen and oxygen atoms in total. The summed E-state index contributed by atoms with van der Waals surface area (Å²) >= 11 is 0. The van der Waals surface area contributed by atoms with E-state index in [9.17, 15) is 0 Å². The number of ether oxygens (including phenoxy) is 2. The number of nitrogens with zero attached hydrogens (tertiary/aromatic N) is 3. The predicted octanol–water partition coefficient (Wildman–Crippen LogP) is 1.68. The van der Waals surface area contributed by atoms with Crippen LogP contribution in [0.15, 0.2) is 36.4 Å². The number of aliphatic hydroxyl groups excluding tert-OH is 1. The summed E-state index contributed by atoms with van der Waals surface area (Å²) in [7, 11) is 1.88. The molecule has 1 aromatic carbocycles. The summed E-state index contributed by atoms with van der Waals surface area (Å²) < 4.78 is 11.6. The quantitative estimate of drug-likeness (QED) is 0.875. The molecule has 0 saturated heterocycles. The Labute approximate surface area is 135 Å². The number of benzene rings is 1.